The number of carboxylic acid groups (broad SMARTS) is 1. The third kappa shape index (κ3) is 7.36. The van der Waals surface area contributed by atoms with Crippen molar-refractivity contribution in [1.82, 2.24) is 0 Å². The number of carbonyl (C=O) groups is 3. The Hall–Kier alpha value is -1.56. The van der Waals surface area contributed by atoms with Crippen LogP contribution in [0.3, 0.4) is 0 Å². The summed E-state index contributed by atoms with van der Waals surface area (Å²) in [6, 6.07) is 0. The van der Waals surface area contributed by atoms with E-state index in [1.165, 1.54) is 0 Å². The second-order valence-corrected chi connectivity index (χ2v) is 16.3. The van der Waals surface area contributed by atoms with Crippen LogP contribution in [0.2, 0.25) is 0 Å². The van der Waals surface area contributed by atoms with Crippen molar-refractivity contribution >= 4 is 25.5 Å². The van der Waals surface area contributed by atoms with E-state index in [0.717, 1.165) is 25.7 Å². The minimum atomic E-state index is -4.56. The second kappa shape index (κ2) is 13.7. The van der Waals surface area contributed by atoms with Gasteiger partial charge in [-0.1, -0.05) is 20.8 Å². The van der Waals surface area contributed by atoms with E-state index in [2.05, 4.69) is 20.8 Å². The molecule has 0 aromatic rings. The molecule has 44 heavy (non-hydrogen) atoms. The van der Waals surface area contributed by atoms with Crippen molar-refractivity contribution in [3.05, 3.63) is 0 Å². The molecular weight excluding hydrogens is 595 g/mol. The van der Waals surface area contributed by atoms with E-state index >= 15 is 0 Å². The van der Waals surface area contributed by atoms with Crippen LogP contribution >= 0.6 is 7.60 Å². The van der Waals surface area contributed by atoms with Gasteiger partial charge >= 0.3 is 25.5 Å². The van der Waals surface area contributed by atoms with Gasteiger partial charge in [0.25, 0.3) is 0 Å². The van der Waals surface area contributed by atoms with Crippen LogP contribution in [0.5, 0.6) is 0 Å². The fourth-order valence-electron chi connectivity index (χ4n) is 9.86. The molecule has 0 radical (unpaired) electrons. The number of fused-ring (bicyclic) bond motifs is 5. The number of aliphatic hydroxyl groups excluding tert-OH is 3. The van der Waals surface area contributed by atoms with Crippen LogP contribution in [0.1, 0.15) is 91.4 Å². The zero-order valence-electron chi connectivity index (χ0n) is 26.0. The standard InChI is InChI=1S/C31H51O12P/c1-17(4-8-26(35)42-16-43-27(36)9-5-18(29(37)38)15-44(39,40)41)21-6-7-22-28-23(14-25(34)31(21,22)3)30(2)11-10-20(32)12-19(30)13-24(28)33/h17-25,28,32-34H,4-16H2,1-3H3,(H,37,38)(H2,39,40,41)/t17-,18?,19?,20-,21?,22?,23?,24-,25+,28?,30+,31-/m1/s1. The van der Waals surface area contributed by atoms with Crippen molar-refractivity contribution in [1.29, 1.82) is 0 Å². The summed E-state index contributed by atoms with van der Waals surface area (Å²) in [7, 11) is -4.56. The van der Waals surface area contributed by atoms with E-state index < -0.39 is 63.0 Å². The smallest absolute Gasteiger partial charge is 0.326 e. The highest BCUT2D eigenvalue weighted by molar-refractivity contribution is 7.51. The molecule has 6 unspecified atom stereocenters. The molecule has 0 heterocycles. The van der Waals surface area contributed by atoms with Crippen LogP contribution in [-0.2, 0) is 28.4 Å². The molecule has 12 atom stereocenters. The number of hydrogen-bond donors (Lipinski definition) is 6. The van der Waals surface area contributed by atoms with Crippen LogP contribution in [0.25, 0.3) is 0 Å². The van der Waals surface area contributed by atoms with Gasteiger partial charge in [0.15, 0.2) is 0 Å². The molecule has 13 heteroatoms. The summed E-state index contributed by atoms with van der Waals surface area (Å²) < 4.78 is 21.0. The van der Waals surface area contributed by atoms with Gasteiger partial charge in [0.1, 0.15) is 0 Å². The minimum Gasteiger partial charge on any atom is -0.481 e. The quantitative estimate of drug-likeness (QED) is 0.103. The Morgan fingerprint density at radius 1 is 0.909 bits per heavy atom. The molecule has 0 bridgehead atoms. The fourth-order valence-corrected chi connectivity index (χ4v) is 10.8. The van der Waals surface area contributed by atoms with Crippen molar-refractivity contribution < 1.29 is 58.6 Å². The first-order chi connectivity index (χ1) is 20.5. The highest BCUT2D eigenvalue weighted by Crippen LogP contribution is 2.68. The Morgan fingerprint density at radius 2 is 1.55 bits per heavy atom. The fraction of sp³-hybridized carbons (Fsp3) is 0.903. The average Bonchev–Trinajstić information content (AvgIpc) is 3.29. The number of rotatable bonds is 12. The van der Waals surface area contributed by atoms with Gasteiger partial charge in [0.05, 0.1) is 30.4 Å². The molecule has 252 valence electrons. The molecule has 4 rings (SSSR count). The van der Waals surface area contributed by atoms with E-state index in [1.54, 1.807) is 0 Å². The Bertz CT molecular complexity index is 1110. The summed E-state index contributed by atoms with van der Waals surface area (Å²) in [5, 5.41) is 42.5. The first-order valence-electron chi connectivity index (χ1n) is 16.1. The van der Waals surface area contributed by atoms with Gasteiger partial charge in [-0.2, -0.15) is 0 Å². The van der Waals surface area contributed by atoms with Crippen LogP contribution < -0.4 is 0 Å². The monoisotopic (exact) mass is 646 g/mol. The molecule has 0 aliphatic heterocycles. The summed E-state index contributed by atoms with van der Waals surface area (Å²) >= 11 is 0. The van der Waals surface area contributed by atoms with Crippen LogP contribution in [0, 0.1) is 52.3 Å². The first kappa shape index (κ1) is 35.3. The predicted octanol–water partition coefficient (Wildman–Crippen LogP) is 3.07. The zero-order chi connectivity index (χ0) is 32.6. The van der Waals surface area contributed by atoms with E-state index in [1.807, 2.05) is 0 Å². The van der Waals surface area contributed by atoms with Crippen molar-refractivity contribution in [2.24, 2.45) is 52.3 Å². The maximum atomic E-state index is 12.4. The molecule has 0 spiro atoms. The largest absolute Gasteiger partial charge is 0.481 e. The summed E-state index contributed by atoms with van der Waals surface area (Å²) in [6.07, 6.45) is 3.28. The van der Waals surface area contributed by atoms with Crippen LogP contribution in [0.15, 0.2) is 0 Å². The molecule has 4 aliphatic carbocycles. The molecule has 0 amide bonds. The lowest BCUT2D eigenvalue weighted by molar-refractivity contribution is -0.207. The van der Waals surface area contributed by atoms with Gasteiger partial charge in [0.2, 0.25) is 6.79 Å². The van der Waals surface area contributed by atoms with Gasteiger partial charge in [-0.05, 0) is 104 Å². The lowest BCUT2D eigenvalue weighted by Gasteiger charge is -2.63. The number of aliphatic carboxylic acids is 1. The van der Waals surface area contributed by atoms with Gasteiger partial charge in [0, 0.05) is 12.8 Å². The maximum absolute atomic E-state index is 12.4. The van der Waals surface area contributed by atoms with E-state index in [0.29, 0.717) is 25.7 Å². The molecular formula is C31H51O12P. The number of hydrogen-bond acceptors (Lipinski definition) is 9. The van der Waals surface area contributed by atoms with E-state index in [9.17, 15) is 34.3 Å². The van der Waals surface area contributed by atoms with Crippen LogP contribution in [0.4, 0.5) is 0 Å². The third-order valence-electron chi connectivity index (χ3n) is 12.3. The number of carbonyl (C=O) groups excluding carboxylic acids is 2. The summed E-state index contributed by atoms with van der Waals surface area (Å²) in [4.78, 5) is 53.6. The van der Waals surface area contributed by atoms with Crippen molar-refractivity contribution in [2.45, 2.75) is 110 Å². The Labute approximate surface area is 259 Å². The van der Waals surface area contributed by atoms with Gasteiger partial charge in [-0.25, -0.2) is 0 Å². The topological polar surface area (TPSA) is 208 Å². The molecule has 4 fully saturated rings. The molecule has 12 nitrogen and oxygen atoms in total. The lowest BCUT2D eigenvalue weighted by Crippen LogP contribution is -2.62. The molecule has 0 aromatic heterocycles. The molecule has 4 saturated carbocycles. The van der Waals surface area contributed by atoms with Crippen molar-refractivity contribution in [3.8, 4) is 0 Å². The van der Waals surface area contributed by atoms with E-state index in [-0.39, 0.29) is 65.3 Å². The normalized spacial score (nSPS) is 39.7. The summed E-state index contributed by atoms with van der Waals surface area (Å²) in [6.45, 7) is 5.91. The zero-order valence-corrected chi connectivity index (χ0v) is 26.9. The molecule has 4 aliphatic rings. The lowest BCUT2D eigenvalue weighted by atomic mass is 9.43. The highest BCUT2D eigenvalue weighted by atomic mass is 31.2. The van der Waals surface area contributed by atoms with Gasteiger partial charge in [-0.3, -0.25) is 18.9 Å². The third-order valence-corrected chi connectivity index (χ3v) is 13.2. The minimum absolute atomic E-state index is 0.00320. The molecule has 6 N–H and O–H groups in total. The molecule has 0 saturated heterocycles. The summed E-state index contributed by atoms with van der Waals surface area (Å²) in [5.74, 6) is -3.20. The average molecular weight is 647 g/mol. The summed E-state index contributed by atoms with van der Waals surface area (Å²) in [5.41, 5.74) is -0.380. The Morgan fingerprint density at radius 3 is 2.16 bits per heavy atom. The highest BCUT2D eigenvalue weighted by Gasteiger charge is 2.65. The predicted molar refractivity (Wildman–Crippen MR) is 157 cm³/mol. The Kier molecular flexibility index (Phi) is 11.0. The maximum Gasteiger partial charge on any atom is 0.326 e. The van der Waals surface area contributed by atoms with Crippen LogP contribution in [-0.4, -0.2) is 79.4 Å². The SMILES string of the molecule is C[C@H](CCC(=O)OCOC(=O)CCC(CP(=O)(O)O)C(=O)O)C1CCC2C3C(C[C@H](O)[C@@]21C)[C@@]1(C)CC[C@@H](O)CC1C[C@H]3O. The second-order valence-electron chi connectivity index (χ2n) is 14.6. The Balaban J connectivity index is 1.26. The molecule has 0 aromatic carbocycles. The number of carboxylic acids is 1. The van der Waals surface area contributed by atoms with Gasteiger partial charge < -0.3 is 39.7 Å². The van der Waals surface area contributed by atoms with Gasteiger partial charge in [-0.15, -0.1) is 0 Å². The van der Waals surface area contributed by atoms with E-state index in [4.69, 9.17) is 24.4 Å². The first-order valence-corrected chi connectivity index (χ1v) is 17.9. The number of esters is 2. The number of ether oxygens (including phenoxy) is 2. The number of aliphatic hydroxyl groups is 3. The van der Waals surface area contributed by atoms with Crippen molar-refractivity contribution in [3.63, 3.8) is 0 Å². The van der Waals surface area contributed by atoms with Crippen molar-refractivity contribution in [2.75, 3.05) is 13.0 Å².